The Kier molecular flexibility index (Phi) is 5.87. The molecule has 0 aliphatic carbocycles. The summed E-state index contributed by atoms with van der Waals surface area (Å²) in [5.74, 6) is 0.913. The SMILES string of the molecule is CC1CCCN(CCCC(N)c2ccccc2)CC1. The van der Waals surface area contributed by atoms with Crippen LogP contribution in [0, 0.1) is 5.92 Å². The summed E-state index contributed by atoms with van der Waals surface area (Å²) in [4.78, 5) is 2.63. The lowest BCUT2D eigenvalue weighted by atomic mass is 10.0. The third kappa shape index (κ3) is 4.96. The summed E-state index contributed by atoms with van der Waals surface area (Å²) in [6, 6.07) is 10.7. The Morgan fingerprint density at radius 2 is 2.00 bits per heavy atom. The zero-order valence-electron chi connectivity index (χ0n) is 12.2. The molecule has 106 valence electrons. The van der Waals surface area contributed by atoms with Crippen LogP contribution in [0.2, 0.25) is 0 Å². The molecule has 2 nitrogen and oxygen atoms in total. The molecular formula is C17H28N2. The Morgan fingerprint density at radius 3 is 2.79 bits per heavy atom. The van der Waals surface area contributed by atoms with Crippen LogP contribution >= 0.6 is 0 Å². The van der Waals surface area contributed by atoms with Crippen LogP contribution in [0.3, 0.4) is 0 Å². The van der Waals surface area contributed by atoms with Crippen molar-refractivity contribution in [3.05, 3.63) is 35.9 Å². The summed E-state index contributed by atoms with van der Waals surface area (Å²) in [7, 11) is 0. The van der Waals surface area contributed by atoms with Gasteiger partial charge in [0.05, 0.1) is 0 Å². The number of hydrogen-bond donors (Lipinski definition) is 1. The van der Waals surface area contributed by atoms with Gasteiger partial charge in [0.1, 0.15) is 0 Å². The molecule has 1 aliphatic heterocycles. The third-order valence-corrected chi connectivity index (χ3v) is 4.33. The van der Waals surface area contributed by atoms with Crippen molar-refractivity contribution in [2.45, 2.75) is 45.1 Å². The first-order valence-electron chi connectivity index (χ1n) is 7.78. The van der Waals surface area contributed by atoms with Crippen molar-refractivity contribution in [3.8, 4) is 0 Å². The quantitative estimate of drug-likeness (QED) is 0.876. The van der Waals surface area contributed by atoms with Gasteiger partial charge >= 0.3 is 0 Å². The van der Waals surface area contributed by atoms with Crippen molar-refractivity contribution in [3.63, 3.8) is 0 Å². The van der Waals surface area contributed by atoms with Crippen molar-refractivity contribution < 1.29 is 0 Å². The maximum absolute atomic E-state index is 6.25. The zero-order valence-corrected chi connectivity index (χ0v) is 12.2. The van der Waals surface area contributed by atoms with Crippen molar-refractivity contribution in [1.29, 1.82) is 0 Å². The largest absolute Gasteiger partial charge is 0.324 e. The second-order valence-electron chi connectivity index (χ2n) is 6.04. The van der Waals surface area contributed by atoms with E-state index in [1.54, 1.807) is 0 Å². The summed E-state index contributed by atoms with van der Waals surface area (Å²) in [5.41, 5.74) is 7.52. The molecule has 2 unspecified atom stereocenters. The first kappa shape index (κ1) is 14.5. The Morgan fingerprint density at radius 1 is 1.21 bits per heavy atom. The minimum absolute atomic E-state index is 0.201. The summed E-state index contributed by atoms with van der Waals surface area (Å²) in [6.45, 7) is 6.16. The van der Waals surface area contributed by atoms with E-state index in [4.69, 9.17) is 5.73 Å². The van der Waals surface area contributed by atoms with E-state index in [2.05, 4.69) is 42.2 Å². The van der Waals surface area contributed by atoms with E-state index >= 15 is 0 Å². The molecule has 0 amide bonds. The number of likely N-dealkylation sites (tertiary alicyclic amines) is 1. The number of rotatable bonds is 5. The van der Waals surface area contributed by atoms with E-state index in [1.807, 2.05) is 0 Å². The second-order valence-corrected chi connectivity index (χ2v) is 6.04. The minimum Gasteiger partial charge on any atom is -0.324 e. The van der Waals surface area contributed by atoms with Gasteiger partial charge in [-0.3, -0.25) is 0 Å². The van der Waals surface area contributed by atoms with Gasteiger partial charge in [-0.15, -0.1) is 0 Å². The van der Waals surface area contributed by atoms with E-state index in [0.29, 0.717) is 0 Å². The van der Waals surface area contributed by atoms with Gasteiger partial charge < -0.3 is 10.6 Å². The molecule has 2 rings (SSSR count). The van der Waals surface area contributed by atoms with Crippen LogP contribution in [-0.4, -0.2) is 24.5 Å². The van der Waals surface area contributed by atoms with Gasteiger partial charge in [0.25, 0.3) is 0 Å². The summed E-state index contributed by atoms with van der Waals surface area (Å²) in [5, 5.41) is 0. The van der Waals surface area contributed by atoms with E-state index in [-0.39, 0.29) is 6.04 Å². The van der Waals surface area contributed by atoms with Crippen LogP contribution in [0.1, 0.15) is 50.6 Å². The van der Waals surface area contributed by atoms with Gasteiger partial charge in [0.15, 0.2) is 0 Å². The maximum atomic E-state index is 6.25. The predicted molar refractivity (Wildman–Crippen MR) is 82.1 cm³/mol. The number of nitrogens with zero attached hydrogens (tertiary/aromatic N) is 1. The highest BCUT2D eigenvalue weighted by molar-refractivity contribution is 5.18. The fraction of sp³-hybridized carbons (Fsp3) is 0.647. The first-order valence-corrected chi connectivity index (χ1v) is 7.78. The molecule has 0 radical (unpaired) electrons. The average Bonchev–Trinajstić information content (AvgIpc) is 2.65. The molecule has 2 N–H and O–H groups in total. The Labute approximate surface area is 118 Å². The summed E-state index contributed by atoms with van der Waals surface area (Å²) in [6.07, 6.45) is 6.44. The zero-order chi connectivity index (χ0) is 13.5. The Bertz CT molecular complexity index is 350. The number of benzene rings is 1. The lowest BCUT2D eigenvalue weighted by Gasteiger charge is -2.21. The van der Waals surface area contributed by atoms with Crippen molar-refractivity contribution in [2.24, 2.45) is 11.7 Å². The molecular weight excluding hydrogens is 232 g/mol. The fourth-order valence-electron chi connectivity index (χ4n) is 2.95. The first-order chi connectivity index (χ1) is 9.25. The molecule has 0 aromatic heterocycles. The molecule has 1 aromatic rings. The average molecular weight is 260 g/mol. The van der Waals surface area contributed by atoms with Crippen molar-refractivity contribution >= 4 is 0 Å². The summed E-state index contributed by atoms with van der Waals surface area (Å²) < 4.78 is 0. The van der Waals surface area contributed by atoms with Gasteiger partial charge in [0.2, 0.25) is 0 Å². The van der Waals surface area contributed by atoms with Crippen LogP contribution in [-0.2, 0) is 0 Å². The van der Waals surface area contributed by atoms with Gasteiger partial charge in [-0.1, -0.05) is 37.3 Å². The van der Waals surface area contributed by atoms with Gasteiger partial charge in [0, 0.05) is 6.04 Å². The van der Waals surface area contributed by atoms with Crippen LogP contribution in [0.15, 0.2) is 30.3 Å². The molecule has 1 aliphatic rings. The Hall–Kier alpha value is -0.860. The molecule has 1 heterocycles. The van der Waals surface area contributed by atoms with Gasteiger partial charge in [-0.25, -0.2) is 0 Å². The van der Waals surface area contributed by atoms with Crippen LogP contribution < -0.4 is 5.73 Å². The highest BCUT2D eigenvalue weighted by atomic mass is 15.1. The molecule has 2 atom stereocenters. The third-order valence-electron chi connectivity index (χ3n) is 4.33. The molecule has 0 bridgehead atoms. The van der Waals surface area contributed by atoms with E-state index in [1.165, 1.54) is 50.9 Å². The summed E-state index contributed by atoms with van der Waals surface area (Å²) >= 11 is 0. The monoisotopic (exact) mass is 260 g/mol. The van der Waals surface area contributed by atoms with Crippen LogP contribution in [0.5, 0.6) is 0 Å². The molecule has 0 spiro atoms. The highest BCUT2D eigenvalue weighted by Gasteiger charge is 2.13. The van der Waals surface area contributed by atoms with Crippen molar-refractivity contribution in [1.82, 2.24) is 4.90 Å². The normalized spacial score (nSPS) is 22.9. The highest BCUT2D eigenvalue weighted by Crippen LogP contribution is 2.18. The molecule has 19 heavy (non-hydrogen) atoms. The molecule has 1 aromatic carbocycles. The second kappa shape index (κ2) is 7.66. The van der Waals surface area contributed by atoms with E-state index in [9.17, 15) is 0 Å². The van der Waals surface area contributed by atoms with Gasteiger partial charge in [-0.05, 0) is 63.2 Å². The smallest absolute Gasteiger partial charge is 0.0295 e. The fourth-order valence-corrected chi connectivity index (χ4v) is 2.95. The van der Waals surface area contributed by atoms with Crippen LogP contribution in [0.25, 0.3) is 0 Å². The topological polar surface area (TPSA) is 29.3 Å². The lowest BCUT2D eigenvalue weighted by molar-refractivity contribution is 0.273. The predicted octanol–water partition coefficient (Wildman–Crippen LogP) is 3.59. The van der Waals surface area contributed by atoms with Crippen molar-refractivity contribution in [2.75, 3.05) is 19.6 Å². The Balaban J connectivity index is 1.68. The number of hydrogen-bond acceptors (Lipinski definition) is 2. The molecule has 1 fully saturated rings. The van der Waals surface area contributed by atoms with E-state index < -0.39 is 0 Å². The molecule has 1 saturated heterocycles. The minimum atomic E-state index is 0.201. The number of nitrogens with two attached hydrogens (primary N) is 1. The van der Waals surface area contributed by atoms with E-state index in [0.717, 1.165) is 12.3 Å². The maximum Gasteiger partial charge on any atom is 0.0295 e. The lowest BCUT2D eigenvalue weighted by Crippen LogP contribution is -2.26. The van der Waals surface area contributed by atoms with Gasteiger partial charge in [-0.2, -0.15) is 0 Å². The standard InChI is InChI=1S/C17H28N2/c1-15-7-5-12-19(14-11-15)13-6-10-17(18)16-8-3-2-4-9-16/h2-4,8-9,15,17H,5-7,10-14,18H2,1H3. The molecule has 2 heteroatoms. The molecule has 0 saturated carbocycles. The van der Waals surface area contributed by atoms with Crippen LogP contribution in [0.4, 0.5) is 0 Å².